The number of hydrogen-bond acceptors (Lipinski definition) is 5. The van der Waals surface area contributed by atoms with Crippen LogP contribution < -0.4 is 16.7 Å². The molecule has 1 rings (SSSR count). The number of thioether (sulfide) groups is 1. The van der Waals surface area contributed by atoms with Gasteiger partial charge in [0, 0.05) is 18.3 Å². The Balaban J connectivity index is 2.76. The first kappa shape index (κ1) is 16.8. The highest BCUT2D eigenvalue weighted by Crippen LogP contribution is 2.26. The Kier molecular flexibility index (Phi) is 5.41. The summed E-state index contributed by atoms with van der Waals surface area (Å²) in [6, 6.07) is 0.152. The lowest BCUT2D eigenvalue weighted by Gasteiger charge is -2.31. The van der Waals surface area contributed by atoms with Gasteiger partial charge in [0.05, 0.1) is 5.54 Å². The van der Waals surface area contributed by atoms with Gasteiger partial charge in [-0.3, -0.25) is 9.36 Å². The molecule has 0 bridgehead atoms. The molecule has 0 saturated heterocycles. The van der Waals surface area contributed by atoms with Gasteiger partial charge in [-0.2, -0.15) is 0 Å². The van der Waals surface area contributed by atoms with Crippen molar-refractivity contribution < 1.29 is 4.79 Å². The first-order valence-corrected chi connectivity index (χ1v) is 7.39. The van der Waals surface area contributed by atoms with Gasteiger partial charge in [-0.15, -0.1) is 5.10 Å². The van der Waals surface area contributed by atoms with Crippen LogP contribution in [0.5, 0.6) is 0 Å². The van der Waals surface area contributed by atoms with Gasteiger partial charge >= 0.3 is 5.69 Å². The Labute approximate surface area is 122 Å². The van der Waals surface area contributed by atoms with Crippen molar-refractivity contribution >= 4 is 17.7 Å². The summed E-state index contributed by atoms with van der Waals surface area (Å²) in [4.78, 5) is 23.0. The molecule has 4 N–H and O–H groups in total. The third-order valence-corrected chi connectivity index (χ3v) is 4.14. The zero-order chi connectivity index (χ0) is 15.5. The highest BCUT2D eigenvalue weighted by atomic mass is 32.2. The van der Waals surface area contributed by atoms with E-state index in [0.717, 1.165) is 0 Å². The molecule has 20 heavy (non-hydrogen) atoms. The van der Waals surface area contributed by atoms with Crippen molar-refractivity contribution in [2.24, 2.45) is 12.8 Å². The number of nitrogens with two attached hydrogens (primary N) is 1. The molecular weight excluding hydrogens is 278 g/mol. The van der Waals surface area contributed by atoms with Crippen molar-refractivity contribution in [1.82, 2.24) is 20.1 Å². The summed E-state index contributed by atoms with van der Waals surface area (Å²) in [5.41, 5.74) is 4.47. The normalized spacial score (nSPS) is 16.1. The lowest BCUT2D eigenvalue weighted by atomic mass is 9.94. The van der Waals surface area contributed by atoms with E-state index in [1.54, 1.807) is 14.0 Å². The second-order valence-corrected chi connectivity index (χ2v) is 6.90. The van der Waals surface area contributed by atoms with Crippen LogP contribution in [-0.2, 0) is 11.8 Å². The van der Waals surface area contributed by atoms with Gasteiger partial charge in [-0.25, -0.2) is 9.89 Å². The number of amides is 1. The summed E-state index contributed by atoms with van der Waals surface area (Å²) in [6.07, 6.45) is 0.548. The summed E-state index contributed by atoms with van der Waals surface area (Å²) in [5, 5.41) is 10.2. The molecule has 8 heteroatoms. The molecule has 2 unspecified atom stereocenters. The number of rotatable bonds is 7. The van der Waals surface area contributed by atoms with E-state index in [4.69, 9.17) is 5.73 Å². The number of hydrogen-bond donors (Lipinski definition) is 3. The Morgan fingerprint density at radius 3 is 2.55 bits per heavy atom. The monoisotopic (exact) mass is 301 g/mol. The van der Waals surface area contributed by atoms with Gasteiger partial charge < -0.3 is 11.1 Å². The number of nitrogens with zero attached hydrogens (tertiary/aromatic N) is 2. The van der Waals surface area contributed by atoms with E-state index in [0.29, 0.717) is 11.6 Å². The number of carbonyl (C=O) groups is 1. The topological polar surface area (TPSA) is 106 Å². The molecule has 0 aromatic carbocycles. The van der Waals surface area contributed by atoms with Gasteiger partial charge in [0.2, 0.25) is 5.91 Å². The Morgan fingerprint density at radius 1 is 1.55 bits per heavy atom. The maximum Gasteiger partial charge on any atom is 0.343 e. The van der Waals surface area contributed by atoms with E-state index < -0.39 is 5.54 Å². The Hall–Kier alpha value is -1.28. The van der Waals surface area contributed by atoms with Crippen LogP contribution in [0, 0.1) is 0 Å². The minimum atomic E-state index is -0.782. The molecule has 0 saturated carbocycles. The minimum Gasteiger partial charge on any atom is -0.368 e. The number of nitrogens with one attached hydrogen (secondary N) is 2. The summed E-state index contributed by atoms with van der Waals surface area (Å²) in [7, 11) is 1.65. The Bertz CT molecular complexity index is 524. The summed E-state index contributed by atoms with van der Waals surface area (Å²) < 4.78 is 1.44. The molecule has 0 fully saturated rings. The number of H-pyrrole nitrogens is 1. The summed E-state index contributed by atoms with van der Waals surface area (Å²) >= 11 is 1.44. The Morgan fingerprint density at radius 2 is 2.15 bits per heavy atom. The second kappa shape index (κ2) is 6.45. The molecule has 114 valence electrons. The van der Waals surface area contributed by atoms with Crippen LogP contribution in [0.2, 0.25) is 0 Å². The van der Waals surface area contributed by atoms with E-state index in [-0.39, 0.29) is 22.9 Å². The molecule has 7 nitrogen and oxygen atoms in total. The number of primary amides is 1. The van der Waals surface area contributed by atoms with Gasteiger partial charge in [0.15, 0.2) is 5.16 Å². The molecular formula is C12H23N5O2S. The smallest absolute Gasteiger partial charge is 0.343 e. The summed E-state index contributed by atoms with van der Waals surface area (Å²) in [5.74, 6) is -0.380. The minimum absolute atomic E-state index is 0.0765. The van der Waals surface area contributed by atoms with E-state index in [1.165, 1.54) is 16.3 Å². The van der Waals surface area contributed by atoms with Crippen LogP contribution in [0.3, 0.4) is 0 Å². The number of carbonyl (C=O) groups excluding carboxylic acids is 1. The fourth-order valence-electron chi connectivity index (χ4n) is 2.10. The molecule has 0 aliphatic carbocycles. The van der Waals surface area contributed by atoms with Crippen LogP contribution in [0.25, 0.3) is 0 Å². The molecule has 1 heterocycles. The first-order chi connectivity index (χ1) is 9.15. The number of aromatic nitrogens is 3. The van der Waals surface area contributed by atoms with Crippen LogP contribution in [0.4, 0.5) is 0 Å². The van der Waals surface area contributed by atoms with E-state index in [9.17, 15) is 9.59 Å². The van der Waals surface area contributed by atoms with Crippen molar-refractivity contribution in [1.29, 1.82) is 0 Å². The van der Waals surface area contributed by atoms with E-state index in [2.05, 4.69) is 15.5 Å². The van der Waals surface area contributed by atoms with Gasteiger partial charge in [-0.05, 0) is 27.2 Å². The molecule has 0 radical (unpaired) electrons. The van der Waals surface area contributed by atoms with Crippen LogP contribution in [-0.4, -0.2) is 37.5 Å². The first-order valence-electron chi connectivity index (χ1n) is 6.51. The summed E-state index contributed by atoms with van der Waals surface area (Å²) in [6.45, 7) is 7.72. The molecule has 0 aliphatic rings. The van der Waals surface area contributed by atoms with Crippen molar-refractivity contribution in [3.05, 3.63) is 10.5 Å². The molecule has 0 spiro atoms. The van der Waals surface area contributed by atoms with Crippen molar-refractivity contribution in [2.45, 2.75) is 56.1 Å². The third-order valence-electron chi connectivity index (χ3n) is 2.99. The van der Waals surface area contributed by atoms with Gasteiger partial charge in [0.25, 0.3) is 0 Å². The van der Waals surface area contributed by atoms with Crippen LogP contribution in [0.15, 0.2) is 9.95 Å². The molecule has 1 amide bonds. The van der Waals surface area contributed by atoms with Gasteiger partial charge in [0.1, 0.15) is 0 Å². The van der Waals surface area contributed by atoms with Crippen molar-refractivity contribution in [2.75, 3.05) is 0 Å². The zero-order valence-corrected chi connectivity index (χ0v) is 13.4. The lowest BCUT2D eigenvalue weighted by molar-refractivity contribution is -0.124. The molecule has 1 aromatic rings. The van der Waals surface area contributed by atoms with Crippen LogP contribution in [0.1, 0.15) is 34.1 Å². The predicted molar refractivity (Wildman–Crippen MR) is 79.6 cm³/mol. The lowest BCUT2D eigenvalue weighted by Crippen LogP contribution is -2.56. The second-order valence-electron chi connectivity index (χ2n) is 5.50. The zero-order valence-electron chi connectivity index (χ0n) is 12.6. The highest BCUT2D eigenvalue weighted by Gasteiger charge is 2.33. The van der Waals surface area contributed by atoms with Gasteiger partial charge in [-0.1, -0.05) is 18.7 Å². The van der Waals surface area contributed by atoms with Crippen molar-refractivity contribution in [3.63, 3.8) is 0 Å². The fraction of sp³-hybridized carbons (Fsp3) is 0.750. The third kappa shape index (κ3) is 4.11. The van der Waals surface area contributed by atoms with Crippen LogP contribution >= 0.6 is 11.8 Å². The SMILES string of the molecule is CC(C)NC(C)(CC(C)Sc1n[nH]c(=O)n1C)C(N)=O. The standard InChI is InChI=1S/C12H23N5O2S/c1-7(2)14-12(4,9(13)18)6-8(3)20-11-16-15-10(19)17(11)5/h7-8,14H,6H2,1-5H3,(H2,13,18)(H,15,19). The van der Waals surface area contributed by atoms with E-state index >= 15 is 0 Å². The molecule has 0 aliphatic heterocycles. The fourth-order valence-corrected chi connectivity index (χ4v) is 3.22. The van der Waals surface area contributed by atoms with Crippen molar-refractivity contribution in [3.8, 4) is 0 Å². The number of aromatic amines is 1. The molecule has 2 atom stereocenters. The quantitative estimate of drug-likeness (QED) is 0.625. The predicted octanol–water partition coefficient (Wildman–Crippen LogP) is 0.221. The maximum atomic E-state index is 11.7. The maximum absolute atomic E-state index is 11.7. The molecule has 1 aromatic heterocycles. The van der Waals surface area contributed by atoms with E-state index in [1.807, 2.05) is 20.8 Å². The largest absolute Gasteiger partial charge is 0.368 e. The average Bonchev–Trinajstić information content (AvgIpc) is 2.59. The highest BCUT2D eigenvalue weighted by molar-refractivity contribution is 7.99. The average molecular weight is 301 g/mol.